The van der Waals surface area contributed by atoms with Crippen molar-refractivity contribution in [2.45, 2.75) is 19.4 Å². The Balaban J connectivity index is 1.85. The molecule has 1 atom stereocenters. The Bertz CT molecular complexity index is 637. The minimum absolute atomic E-state index is 0.0449. The summed E-state index contributed by atoms with van der Waals surface area (Å²) in [4.78, 5) is 23.7. The fourth-order valence-electron chi connectivity index (χ4n) is 1.84. The highest BCUT2D eigenvalue weighted by Crippen LogP contribution is 2.11. The first kappa shape index (κ1) is 15.6. The molecule has 5 nitrogen and oxygen atoms in total. The molecule has 0 aliphatic heterocycles. The van der Waals surface area contributed by atoms with Gasteiger partial charge in [0.05, 0.1) is 6.42 Å². The Kier molecular flexibility index (Phi) is 5.14. The molecule has 2 rings (SSSR count). The smallest absolute Gasteiger partial charge is 0.311 e. The Morgan fingerprint density at radius 3 is 2.36 bits per heavy atom. The number of benzene rings is 2. The summed E-state index contributed by atoms with van der Waals surface area (Å²) in [7, 11) is 0. The lowest BCUT2D eigenvalue weighted by Crippen LogP contribution is -2.30. The third kappa shape index (κ3) is 4.63. The van der Waals surface area contributed by atoms with Crippen LogP contribution in [0.5, 0.6) is 5.75 Å². The molecule has 22 heavy (non-hydrogen) atoms. The topological polar surface area (TPSA) is 75.6 Å². The molecule has 0 aliphatic carbocycles. The molecule has 0 spiro atoms. The monoisotopic (exact) mass is 299 g/mol. The van der Waals surface area contributed by atoms with Gasteiger partial charge in [0.25, 0.3) is 5.91 Å². The van der Waals surface area contributed by atoms with Crippen LogP contribution in [0.3, 0.4) is 0 Å². The van der Waals surface area contributed by atoms with Crippen molar-refractivity contribution in [2.75, 3.05) is 5.32 Å². The average molecular weight is 299 g/mol. The van der Waals surface area contributed by atoms with E-state index in [-0.39, 0.29) is 18.1 Å². The second kappa shape index (κ2) is 7.26. The Hall–Kier alpha value is -2.82. The lowest BCUT2D eigenvalue weighted by atomic mass is 10.1. The summed E-state index contributed by atoms with van der Waals surface area (Å²) in [6.45, 7) is 1.52. The second-order valence-corrected chi connectivity index (χ2v) is 4.83. The van der Waals surface area contributed by atoms with Gasteiger partial charge >= 0.3 is 5.97 Å². The number of rotatable bonds is 5. The van der Waals surface area contributed by atoms with Crippen molar-refractivity contribution in [1.29, 1.82) is 0 Å². The van der Waals surface area contributed by atoms with Crippen molar-refractivity contribution in [3.05, 3.63) is 60.2 Å². The first-order valence-corrected chi connectivity index (χ1v) is 6.88. The number of phenols is 1. The van der Waals surface area contributed by atoms with Crippen LogP contribution in [0.4, 0.5) is 5.69 Å². The minimum atomic E-state index is -0.884. The molecule has 0 aromatic heterocycles. The van der Waals surface area contributed by atoms with E-state index in [0.29, 0.717) is 11.3 Å². The molecule has 0 aliphatic rings. The van der Waals surface area contributed by atoms with E-state index in [1.165, 1.54) is 19.1 Å². The quantitative estimate of drug-likeness (QED) is 0.832. The van der Waals surface area contributed by atoms with E-state index in [1.54, 1.807) is 36.4 Å². The maximum Gasteiger partial charge on any atom is 0.311 e. The molecular formula is C17H17NO4. The van der Waals surface area contributed by atoms with Crippen LogP contribution in [-0.2, 0) is 20.7 Å². The van der Waals surface area contributed by atoms with Crippen LogP contribution < -0.4 is 5.32 Å². The number of para-hydroxylation sites is 1. The van der Waals surface area contributed by atoms with E-state index in [2.05, 4.69) is 5.32 Å². The van der Waals surface area contributed by atoms with Gasteiger partial charge in [0.2, 0.25) is 0 Å². The van der Waals surface area contributed by atoms with E-state index >= 15 is 0 Å². The van der Waals surface area contributed by atoms with Crippen molar-refractivity contribution in [3.8, 4) is 5.75 Å². The largest absolute Gasteiger partial charge is 0.508 e. The van der Waals surface area contributed by atoms with Gasteiger partial charge in [0, 0.05) is 5.69 Å². The summed E-state index contributed by atoms with van der Waals surface area (Å²) in [5, 5.41) is 11.8. The zero-order valence-corrected chi connectivity index (χ0v) is 12.2. The van der Waals surface area contributed by atoms with Crippen LogP contribution in [0.25, 0.3) is 0 Å². The molecule has 5 heteroatoms. The molecule has 0 saturated carbocycles. The summed E-state index contributed by atoms with van der Waals surface area (Å²) < 4.78 is 5.11. The molecule has 0 unspecified atom stereocenters. The van der Waals surface area contributed by atoms with Crippen molar-refractivity contribution >= 4 is 17.6 Å². The van der Waals surface area contributed by atoms with E-state index < -0.39 is 12.1 Å². The Morgan fingerprint density at radius 1 is 1.09 bits per heavy atom. The normalized spacial score (nSPS) is 11.5. The van der Waals surface area contributed by atoms with Crippen molar-refractivity contribution in [2.24, 2.45) is 0 Å². The third-order valence-electron chi connectivity index (χ3n) is 3.00. The molecule has 1 amide bonds. The lowest BCUT2D eigenvalue weighted by molar-refractivity contribution is -0.152. The average Bonchev–Trinajstić information content (AvgIpc) is 2.50. The van der Waals surface area contributed by atoms with Gasteiger partial charge in [0.15, 0.2) is 6.10 Å². The molecule has 114 valence electrons. The van der Waals surface area contributed by atoms with E-state index in [4.69, 9.17) is 4.74 Å². The number of aromatic hydroxyl groups is 1. The number of phenolic OH excluding ortho intramolecular Hbond substituents is 1. The zero-order chi connectivity index (χ0) is 15.9. The maximum absolute atomic E-state index is 11.9. The number of hydrogen-bond donors (Lipinski definition) is 2. The standard InChI is InChI=1S/C17H17NO4/c1-12(17(21)18-14-5-3-2-4-6-14)22-16(20)11-13-7-9-15(19)10-8-13/h2-10,12,19H,11H2,1H3,(H,18,21)/t12-/m0/s1. The Labute approximate surface area is 128 Å². The molecule has 2 aromatic carbocycles. The summed E-state index contributed by atoms with van der Waals surface area (Å²) in [6.07, 6.45) is -0.840. The predicted octanol–water partition coefficient (Wildman–Crippen LogP) is 2.51. The molecule has 0 bridgehead atoms. The van der Waals surface area contributed by atoms with Crippen molar-refractivity contribution in [1.82, 2.24) is 0 Å². The van der Waals surface area contributed by atoms with E-state index in [0.717, 1.165) is 0 Å². The summed E-state index contributed by atoms with van der Waals surface area (Å²) in [5.74, 6) is -0.751. The Morgan fingerprint density at radius 2 is 1.73 bits per heavy atom. The van der Waals surface area contributed by atoms with Crippen LogP contribution in [0.15, 0.2) is 54.6 Å². The zero-order valence-electron chi connectivity index (χ0n) is 12.2. The van der Waals surface area contributed by atoms with Gasteiger partial charge in [-0.2, -0.15) is 0 Å². The maximum atomic E-state index is 11.9. The third-order valence-corrected chi connectivity index (χ3v) is 3.00. The summed E-state index contributed by atoms with van der Waals surface area (Å²) >= 11 is 0. The second-order valence-electron chi connectivity index (χ2n) is 4.83. The fourth-order valence-corrected chi connectivity index (χ4v) is 1.84. The van der Waals surface area contributed by atoms with Crippen LogP contribution >= 0.6 is 0 Å². The van der Waals surface area contributed by atoms with Gasteiger partial charge in [0.1, 0.15) is 5.75 Å². The highest BCUT2D eigenvalue weighted by atomic mass is 16.5. The number of carbonyl (C=O) groups excluding carboxylic acids is 2. The number of amides is 1. The predicted molar refractivity (Wildman–Crippen MR) is 82.4 cm³/mol. The number of ether oxygens (including phenoxy) is 1. The highest BCUT2D eigenvalue weighted by Gasteiger charge is 2.18. The number of esters is 1. The van der Waals surface area contributed by atoms with Gasteiger partial charge in [-0.15, -0.1) is 0 Å². The molecule has 0 heterocycles. The number of carbonyl (C=O) groups is 2. The van der Waals surface area contributed by atoms with Gasteiger partial charge in [-0.25, -0.2) is 0 Å². The molecule has 0 saturated heterocycles. The van der Waals surface area contributed by atoms with Gasteiger partial charge in [-0.05, 0) is 36.8 Å². The molecule has 0 radical (unpaired) electrons. The molecule has 2 N–H and O–H groups in total. The van der Waals surface area contributed by atoms with Crippen molar-refractivity contribution in [3.63, 3.8) is 0 Å². The van der Waals surface area contributed by atoms with E-state index in [9.17, 15) is 14.7 Å². The van der Waals surface area contributed by atoms with Gasteiger partial charge < -0.3 is 15.2 Å². The fraction of sp³-hybridized carbons (Fsp3) is 0.176. The minimum Gasteiger partial charge on any atom is -0.508 e. The van der Waals surface area contributed by atoms with Crippen LogP contribution in [0.1, 0.15) is 12.5 Å². The van der Waals surface area contributed by atoms with Crippen LogP contribution in [-0.4, -0.2) is 23.1 Å². The first-order valence-electron chi connectivity index (χ1n) is 6.88. The number of anilines is 1. The first-order chi connectivity index (χ1) is 10.5. The molecular weight excluding hydrogens is 282 g/mol. The molecule has 0 fully saturated rings. The van der Waals surface area contributed by atoms with Crippen molar-refractivity contribution < 1.29 is 19.4 Å². The summed E-state index contributed by atoms with van der Waals surface area (Å²) in [5.41, 5.74) is 1.35. The van der Waals surface area contributed by atoms with Gasteiger partial charge in [-0.1, -0.05) is 30.3 Å². The van der Waals surface area contributed by atoms with E-state index in [1.807, 2.05) is 6.07 Å². The highest BCUT2D eigenvalue weighted by molar-refractivity contribution is 5.95. The SMILES string of the molecule is C[C@H](OC(=O)Cc1ccc(O)cc1)C(=O)Nc1ccccc1. The molecule has 2 aromatic rings. The van der Waals surface area contributed by atoms with Crippen LogP contribution in [0.2, 0.25) is 0 Å². The summed E-state index contributed by atoms with van der Waals surface area (Å²) in [6, 6.07) is 15.2. The number of hydrogen-bond acceptors (Lipinski definition) is 4. The van der Waals surface area contributed by atoms with Crippen LogP contribution in [0, 0.1) is 0 Å². The van der Waals surface area contributed by atoms with Gasteiger partial charge in [-0.3, -0.25) is 9.59 Å². The lowest BCUT2D eigenvalue weighted by Gasteiger charge is -2.13. The number of nitrogens with one attached hydrogen (secondary N) is 1.